The molecule has 0 N–H and O–H groups in total. The average Bonchev–Trinajstić information content (AvgIpc) is 2.98. The predicted molar refractivity (Wildman–Crippen MR) is 56.3 cm³/mol. The van der Waals surface area contributed by atoms with Gasteiger partial charge in [0, 0.05) is 12.0 Å². The summed E-state index contributed by atoms with van der Waals surface area (Å²) in [4.78, 5) is 4.36. The van der Waals surface area contributed by atoms with Crippen LogP contribution in [0, 0.1) is 6.92 Å². The summed E-state index contributed by atoms with van der Waals surface area (Å²) in [7, 11) is 1.69. The van der Waals surface area contributed by atoms with Gasteiger partial charge in [-0.3, -0.25) is 0 Å². The number of hydrogen-bond donors (Lipinski definition) is 0. The van der Waals surface area contributed by atoms with Crippen molar-refractivity contribution in [2.24, 2.45) is 0 Å². The third-order valence-corrected chi connectivity index (χ3v) is 2.75. The van der Waals surface area contributed by atoms with Gasteiger partial charge in [0.2, 0.25) is 0 Å². The van der Waals surface area contributed by atoms with Crippen LogP contribution in [0.4, 0.5) is 0 Å². The number of methoxy groups -OCH3 is 1. The molecule has 0 unspecified atom stereocenters. The molecule has 2 aromatic rings. The normalized spacial score (nSPS) is 15.9. The topological polar surface area (TPSA) is 39.4 Å². The highest BCUT2D eigenvalue weighted by Gasteiger charge is 2.29. The number of imidazole rings is 1. The van der Waals surface area contributed by atoms with Crippen LogP contribution in [0.5, 0.6) is 5.75 Å². The van der Waals surface area contributed by atoms with Crippen molar-refractivity contribution in [3.63, 3.8) is 0 Å². The minimum Gasteiger partial charge on any atom is -0.495 e. The summed E-state index contributed by atoms with van der Waals surface area (Å²) in [6.45, 7) is 1.97. The highest BCUT2D eigenvalue weighted by atomic mass is 16.5. The summed E-state index contributed by atoms with van der Waals surface area (Å²) in [6.07, 6.45) is 4.39. The van der Waals surface area contributed by atoms with E-state index in [1.807, 2.05) is 23.7 Å². The third-order valence-electron chi connectivity index (χ3n) is 2.75. The summed E-state index contributed by atoms with van der Waals surface area (Å²) in [5, 5.41) is 4.56. The summed E-state index contributed by atoms with van der Waals surface area (Å²) < 4.78 is 7.19. The van der Waals surface area contributed by atoms with Gasteiger partial charge in [0.25, 0.3) is 0 Å². The highest BCUT2D eigenvalue weighted by Crippen LogP contribution is 2.43. The molecule has 1 saturated carbocycles. The molecular weight excluding hydrogens is 190 g/mol. The molecule has 0 aromatic carbocycles. The van der Waals surface area contributed by atoms with Gasteiger partial charge in [-0.2, -0.15) is 5.10 Å². The van der Waals surface area contributed by atoms with Crippen molar-refractivity contribution >= 4 is 5.65 Å². The lowest BCUT2D eigenvalue weighted by Crippen LogP contribution is -2.00. The molecule has 78 valence electrons. The summed E-state index contributed by atoms with van der Waals surface area (Å²) in [6, 6.07) is 1.97. The van der Waals surface area contributed by atoms with Crippen LogP contribution in [0.2, 0.25) is 0 Å². The molecule has 0 saturated heterocycles. The molecular formula is C11H13N3O. The first kappa shape index (κ1) is 8.71. The van der Waals surface area contributed by atoms with E-state index in [2.05, 4.69) is 10.1 Å². The minimum absolute atomic E-state index is 0.590. The zero-order valence-corrected chi connectivity index (χ0v) is 8.90. The standard InChI is InChI=1S/C11H13N3O/c1-7-6-14-10(12-7)5-9(15-2)11(13-14)8-3-4-8/h5-6,8H,3-4H2,1-2H3. The molecule has 1 fully saturated rings. The number of hydrogen-bond acceptors (Lipinski definition) is 3. The summed E-state index contributed by atoms with van der Waals surface area (Å²) in [5.74, 6) is 1.46. The number of aryl methyl sites for hydroxylation is 1. The van der Waals surface area contributed by atoms with E-state index in [-0.39, 0.29) is 0 Å². The maximum Gasteiger partial charge on any atom is 0.157 e. The van der Waals surface area contributed by atoms with E-state index in [4.69, 9.17) is 4.74 Å². The van der Waals surface area contributed by atoms with Crippen LogP contribution in [0.15, 0.2) is 12.3 Å². The molecule has 0 bridgehead atoms. The third kappa shape index (κ3) is 1.37. The fraction of sp³-hybridized carbons (Fsp3) is 0.455. The van der Waals surface area contributed by atoms with Gasteiger partial charge in [-0.15, -0.1) is 0 Å². The fourth-order valence-corrected chi connectivity index (χ4v) is 1.84. The van der Waals surface area contributed by atoms with Gasteiger partial charge in [0.15, 0.2) is 5.65 Å². The monoisotopic (exact) mass is 203 g/mol. The van der Waals surface area contributed by atoms with Gasteiger partial charge in [0.05, 0.1) is 19.0 Å². The number of fused-ring (bicyclic) bond motifs is 1. The Bertz CT molecular complexity index is 514. The highest BCUT2D eigenvalue weighted by molar-refractivity contribution is 5.47. The van der Waals surface area contributed by atoms with Crippen LogP contribution in [-0.4, -0.2) is 21.7 Å². The maximum absolute atomic E-state index is 5.35. The molecule has 2 heterocycles. The van der Waals surface area contributed by atoms with Crippen molar-refractivity contribution in [2.75, 3.05) is 7.11 Å². The lowest BCUT2D eigenvalue weighted by atomic mass is 10.2. The number of ether oxygens (including phenoxy) is 1. The van der Waals surface area contributed by atoms with Crippen molar-refractivity contribution in [3.05, 3.63) is 23.7 Å². The van der Waals surface area contributed by atoms with E-state index in [0.717, 1.165) is 22.8 Å². The number of aromatic nitrogens is 3. The Kier molecular flexibility index (Phi) is 1.71. The Balaban J connectivity index is 2.23. The molecule has 1 aliphatic carbocycles. The van der Waals surface area contributed by atoms with Gasteiger partial charge in [-0.05, 0) is 19.8 Å². The Morgan fingerprint density at radius 3 is 2.93 bits per heavy atom. The first-order valence-electron chi connectivity index (χ1n) is 5.19. The van der Waals surface area contributed by atoms with Crippen LogP contribution in [0.1, 0.15) is 30.1 Å². The number of rotatable bonds is 2. The summed E-state index contributed by atoms with van der Waals surface area (Å²) in [5.41, 5.74) is 2.91. The SMILES string of the molecule is COc1cc2nc(C)cn2nc1C1CC1. The molecule has 15 heavy (non-hydrogen) atoms. The molecule has 0 aliphatic heterocycles. The molecule has 3 rings (SSSR count). The molecule has 1 aliphatic rings. The van der Waals surface area contributed by atoms with Crippen LogP contribution < -0.4 is 4.74 Å². The van der Waals surface area contributed by atoms with Crippen LogP contribution in [0.3, 0.4) is 0 Å². The van der Waals surface area contributed by atoms with Gasteiger partial charge >= 0.3 is 0 Å². The largest absolute Gasteiger partial charge is 0.495 e. The smallest absolute Gasteiger partial charge is 0.157 e. The lowest BCUT2D eigenvalue weighted by molar-refractivity contribution is 0.405. The Labute approximate surface area is 87.9 Å². The van der Waals surface area contributed by atoms with E-state index in [0.29, 0.717) is 5.92 Å². The quantitative estimate of drug-likeness (QED) is 0.748. The van der Waals surface area contributed by atoms with Crippen LogP contribution in [0.25, 0.3) is 5.65 Å². The van der Waals surface area contributed by atoms with Crippen LogP contribution >= 0.6 is 0 Å². The van der Waals surface area contributed by atoms with E-state index in [1.165, 1.54) is 12.8 Å². The van der Waals surface area contributed by atoms with Crippen molar-refractivity contribution in [3.8, 4) is 5.75 Å². The fourth-order valence-electron chi connectivity index (χ4n) is 1.84. The van der Waals surface area contributed by atoms with Gasteiger partial charge in [0.1, 0.15) is 11.4 Å². The van der Waals surface area contributed by atoms with Crippen molar-refractivity contribution in [1.82, 2.24) is 14.6 Å². The van der Waals surface area contributed by atoms with Crippen LogP contribution in [-0.2, 0) is 0 Å². The Hall–Kier alpha value is -1.58. The number of nitrogens with zero attached hydrogens (tertiary/aromatic N) is 3. The van der Waals surface area contributed by atoms with Crippen molar-refractivity contribution in [2.45, 2.75) is 25.7 Å². The average molecular weight is 203 g/mol. The van der Waals surface area contributed by atoms with E-state index in [9.17, 15) is 0 Å². The second-order valence-corrected chi connectivity index (χ2v) is 4.06. The van der Waals surface area contributed by atoms with Gasteiger partial charge < -0.3 is 4.74 Å². The predicted octanol–water partition coefficient (Wildman–Crippen LogP) is 1.92. The zero-order chi connectivity index (χ0) is 10.4. The lowest BCUT2D eigenvalue weighted by Gasteiger charge is -2.06. The van der Waals surface area contributed by atoms with E-state index in [1.54, 1.807) is 7.11 Å². The molecule has 2 aromatic heterocycles. The second-order valence-electron chi connectivity index (χ2n) is 4.06. The summed E-state index contributed by atoms with van der Waals surface area (Å²) >= 11 is 0. The molecule has 0 amide bonds. The van der Waals surface area contributed by atoms with E-state index >= 15 is 0 Å². The van der Waals surface area contributed by atoms with Gasteiger partial charge in [-0.25, -0.2) is 9.50 Å². The molecule has 0 radical (unpaired) electrons. The molecule has 0 atom stereocenters. The molecule has 4 heteroatoms. The Morgan fingerprint density at radius 1 is 1.47 bits per heavy atom. The van der Waals surface area contributed by atoms with Crippen molar-refractivity contribution < 1.29 is 4.74 Å². The first-order valence-corrected chi connectivity index (χ1v) is 5.19. The zero-order valence-electron chi connectivity index (χ0n) is 8.90. The first-order chi connectivity index (χ1) is 7.28. The Morgan fingerprint density at radius 2 is 2.27 bits per heavy atom. The molecule has 4 nitrogen and oxygen atoms in total. The molecule has 0 spiro atoms. The second kappa shape index (κ2) is 2.95. The van der Waals surface area contributed by atoms with E-state index < -0.39 is 0 Å². The van der Waals surface area contributed by atoms with Gasteiger partial charge in [-0.1, -0.05) is 0 Å². The minimum atomic E-state index is 0.590. The van der Waals surface area contributed by atoms with Crippen molar-refractivity contribution in [1.29, 1.82) is 0 Å². The maximum atomic E-state index is 5.35.